The lowest BCUT2D eigenvalue weighted by Crippen LogP contribution is -2.57. The van der Waals surface area contributed by atoms with Gasteiger partial charge < -0.3 is 23.9 Å². The fourth-order valence-electron chi connectivity index (χ4n) is 6.66. The maximum atomic E-state index is 14.1. The molecule has 54 heavy (non-hydrogen) atoms. The number of ether oxygens (including phenoxy) is 3. The van der Waals surface area contributed by atoms with Crippen LogP contribution in [0.25, 0.3) is 33.5 Å². The van der Waals surface area contributed by atoms with Gasteiger partial charge in [0.05, 0.1) is 17.4 Å². The van der Waals surface area contributed by atoms with Gasteiger partial charge in [0.2, 0.25) is 21.5 Å². The van der Waals surface area contributed by atoms with Crippen molar-refractivity contribution in [1.82, 2.24) is 24.9 Å². The van der Waals surface area contributed by atoms with E-state index in [1.807, 2.05) is 62.4 Å². The first kappa shape index (κ1) is 37.1. The van der Waals surface area contributed by atoms with Gasteiger partial charge in [0, 0.05) is 23.3 Å². The SMILES string of the molecule is C=CC1C[C@]1(NC(=O)[C@@H]1C[C@@H](Oc2nc(-c3ccc(OC(C)C)cc3)nc3c2oc2ccccc23)CN1C(=O)OC(C)(C)C)C(=O)NS(=O)(=O)C1(C)CC1. The van der Waals surface area contributed by atoms with Gasteiger partial charge in [-0.2, -0.15) is 4.98 Å². The molecule has 3 fully saturated rings. The van der Waals surface area contributed by atoms with E-state index in [0.29, 0.717) is 46.7 Å². The van der Waals surface area contributed by atoms with Crippen LogP contribution in [0.1, 0.15) is 67.2 Å². The van der Waals surface area contributed by atoms with Gasteiger partial charge in [-0.15, -0.1) is 6.58 Å². The Morgan fingerprint density at radius 2 is 1.78 bits per heavy atom. The standard InChI is InChI=1S/C39H45N5O9S/c1-8-24-20-39(24,35(46)43-54(48,49)38(7)17-18-38)42-33(45)28-19-26(21-44(28)36(47)53-37(4,5)6)51-34-31-30(27-11-9-10-12-29(27)52-31)40-32(41-34)23-13-15-25(16-14-23)50-22(2)3/h8-16,22,24,26,28H,1,17-21H2,2-7H3,(H,42,45)(H,43,46)/t24?,26-,28+,39-/m1/s1. The molecule has 14 nitrogen and oxygen atoms in total. The summed E-state index contributed by atoms with van der Waals surface area (Å²) in [4.78, 5) is 52.2. The molecular weight excluding hydrogens is 715 g/mol. The summed E-state index contributed by atoms with van der Waals surface area (Å²) in [5.74, 6) is -0.841. The summed E-state index contributed by atoms with van der Waals surface area (Å²) >= 11 is 0. The molecule has 1 aliphatic heterocycles. The third kappa shape index (κ3) is 7.08. The van der Waals surface area contributed by atoms with Gasteiger partial charge in [-0.25, -0.2) is 18.2 Å². The monoisotopic (exact) mass is 759 g/mol. The highest BCUT2D eigenvalue weighted by atomic mass is 32.2. The van der Waals surface area contributed by atoms with E-state index < -0.39 is 61.9 Å². The van der Waals surface area contributed by atoms with Crippen LogP contribution in [0, 0.1) is 5.92 Å². The van der Waals surface area contributed by atoms with E-state index in [1.54, 1.807) is 27.7 Å². The zero-order valence-electron chi connectivity index (χ0n) is 31.2. The number of hydrogen-bond acceptors (Lipinski definition) is 11. The highest BCUT2D eigenvalue weighted by Crippen LogP contribution is 2.47. The molecule has 3 heterocycles. The van der Waals surface area contributed by atoms with E-state index in [1.165, 1.54) is 11.0 Å². The molecule has 0 radical (unpaired) electrons. The molecule has 0 bridgehead atoms. The summed E-state index contributed by atoms with van der Waals surface area (Å²) in [6.07, 6.45) is 0.993. The van der Waals surface area contributed by atoms with Crippen LogP contribution in [0.2, 0.25) is 0 Å². The first-order valence-electron chi connectivity index (χ1n) is 18.1. The van der Waals surface area contributed by atoms with Gasteiger partial charge in [0.15, 0.2) is 5.82 Å². The zero-order valence-corrected chi connectivity index (χ0v) is 32.0. The van der Waals surface area contributed by atoms with Crippen molar-refractivity contribution in [2.45, 2.75) is 101 Å². The molecule has 1 saturated heterocycles. The van der Waals surface area contributed by atoms with Crippen LogP contribution in [-0.2, 0) is 24.3 Å². The number of rotatable bonds is 11. The summed E-state index contributed by atoms with van der Waals surface area (Å²) in [6, 6.07) is 13.7. The smallest absolute Gasteiger partial charge is 0.411 e. The number of para-hydroxylation sites is 1. The molecule has 2 aromatic heterocycles. The number of amides is 3. The van der Waals surface area contributed by atoms with Gasteiger partial charge in [-0.1, -0.05) is 18.2 Å². The third-order valence-electron chi connectivity index (χ3n) is 10.0. The molecule has 15 heteroatoms. The number of fused-ring (bicyclic) bond motifs is 3. The Balaban J connectivity index is 1.19. The fourth-order valence-corrected chi connectivity index (χ4v) is 7.97. The van der Waals surface area contributed by atoms with E-state index in [2.05, 4.69) is 16.6 Å². The number of carbonyl (C=O) groups is 3. The molecule has 3 aliphatic rings. The summed E-state index contributed by atoms with van der Waals surface area (Å²) in [7, 11) is -3.98. The molecule has 0 spiro atoms. The van der Waals surface area contributed by atoms with Crippen molar-refractivity contribution in [3.05, 3.63) is 61.2 Å². The predicted octanol–water partition coefficient (Wildman–Crippen LogP) is 5.65. The van der Waals surface area contributed by atoms with E-state index in [-0.39, 0.29) is 31.4 Å². The number of aromatic nitrogens is 2. The van der Waals surface area contributed by atoms with Crippen LogP contribution in [-0.4, -0.2) is 81.9 Å². The average Bonchev–Trinajstić information content (AvgIpc) is 3.93. The highest BCUT2D eigenvalue weighted by molar-refractivity contribution is 7.91. The number of benzene rings is 2. The quantitative estimate of drug-likeness (QED) is 0.181. The van der Waals surface area contributed by atoms with Crippen molar-refractivity contribution in [3.8, 4) is 23.0 Å². The van der Waals surface area contributed by atoms with E-state index in [0.717, 1.165) is 5.39 Å². The minimum atomic E-state index is -3.98. The number of nitrogens with zero attached hydrogens (tertiary/aromatic N) is 3. The number of hydrogen-bond donors (Lipinski definition) is 2. The molecular formula is C39H45N5O9S. The zero-order chi connectivity index (χ0) is 38.8. The minimum Gasteiger partial charge on any atom is -0.491 e. The summed E-state index contributed by atoms with van der Waals surface area (Å²) in [5, 5.41) is 3.54. The maximum Gasteiger partial charge on any atom is 0.411 e. The van der Waals surface area contributed by atoms with Crippen molar-refractivity contribution in [2.75, 3.05) is 6.54 Å². The van der Waals surface area contributed by atoms with Gasteiger partial charge in [-0.05, 0) is 97.2 Å². The Bertz CT molecular complexity index is 2260. The van der Waals surface area contributed by atoms with Crippen molar-refractivity contribution in [2.24, 2.45) is 5.92 Å². The minimum absolute atomic E-state index is 0.000195. The Morgan fingerprint density at radius 1 is 1.07 bits per heavy atom. The molecule has 3 amide bonds. The lowest BCUT2D eigenvalue weighted by Gasteiger charge is -2.29. The number of furan rings is 1. The first-order chi connectivity index (χ1) is 25.4. The maximum absolute atomic E-state index is 14.1. The highest BCUT2D eigenvalue weighted by Gasteiger charge is 2.63. The second-order valence-electron chi connectivity index (χ2n) is 15.8. The van der Waals surface area contributed by atoms with Crippen LogP contribution < -0.4 is 19.5 Å². The van der Waals surface area contributed by atoms with Gasteiger partial charge >= 0.3 is 6.09 Å². The second kappa shape index (κ2) is 13.3. The Morgan fingerprint density at radius 3 is 2.41 bits per heavy atom. The molecule has 4 aromatic rings. The number of nitrogens with one attached hydrogen (secondary N) is 2. The van der Waals surface area contributed by atoms with Crippen molar-refractivity contribution in [1.29, 1.82) is 0 Å². The lowest BCUT2D eigenvalue weighted by molar-refractivity contribution is -0.131. The molecule has 2 saturated carbocycles. The molecule has 2 aromatic carbocycles. The number of sulfonamides is 1. The summed E-state index contributed by atoms with van der Waals surface area (Å²) in [5.41, 5.74) is -0.335. The van der Waals surface area contributed by atoms with Crippen LogP contribution in [0.4, 0.5) is 4.79 Å². The largest absolute Gasteiger partial charge is 0.491 e. The van der Waals surface area contributed by atoms with Crippen molar-refractivity contribution < 1.29 is 41.4 Å². The molecule has 2 N–H and O–H groups in total. The van der Waals surface area contributed by atoms with E-state index >= 15 is 0 Å². The van der Waals surface area contributed by atoms with Crippen molar-refractivity contribution in [3.63, 3.8) is 0 Å². The van der Waals surface area contributed by atoms with Gasteiger partial charge in [-0.3, -0.25) is 19.2 Å². The molecule has 4 atom stereocenters. The van der Waals surface area contributed by atoms with Crippen molar-refractivity contribution >= 4 is 50.0 Å². The summed E-state index contributed by atoms with van der Waals surface area (Å²) in [6.45, 7) is 14.3. The predicted molar refractivity (Wildman–Crippen MR) is 200 cm³/mol. The number of likely N-dealkylation sites (tertiary alicyclic amines) is 1. The molecule has 286 valence electrons. The van der Waals surface area contributed by atoms with Crippen LogP contribution in [0.3, 0.4) is 0 Å². The van der Waals surface area contributed by atoms with Crippen LogP contribution >= 0.6 is 0 Å². The molecule has 2 aliphatic carbocycles. The second-order valence-corrected chi connectivity index (χ2v) is 18.0. The van der Waals surface area contributed by atoms with Crippen LogP contribution in [0.5, 0.6) is 11.6 Å². The topological polar surface area (TPSA) is 179 Å². The molecule has 1 unspecified atom stereocenters. The van der Waals surface area contributed by atoms with Gasteiger partial charge in [0.25, 0.3) is 11.8 Å². The first-order valence-corrected chi connectivity index (χ1v) is 19.5. The lowest BCUT2D eigenvalue weighted by atomic mass is 10.1. The Kier molecular flexibility index (Phi) is 9.14. The molecule has 7 rings (SSSR count). The third-order valence-corrected chi connectivity index (χ3v) is 12.2. The Labute approximate surface area is 313 Å². The van der Waals surface area contributed by atoms with Gasteiger partial charge in [0.1, 0.15) is 40.1 Å². The van der Waals surface area contributed by atoms with Crippen LogP contribution in [0.15, 0.2) is 65.6 Å². The average molecular weight is 760 g/mol. The Hall–Kier alpha value is -5.18. The summed E-state index contributed by atoms with van der Waals surface area (Å²) < 4.78 is 51.3. The normalized spacial score (nSPS) is 23.2. The fraction of sp³-hybridized carbons (Fsp3) is 0.462. The van der Waals surface area contributed by atoms with E-state index in [9.17, 15) is 22.8 Å². The number of carbonyl (C=O) groups excluding carboxylic acids is 3. The van der Waals surface area contributed by atoms with E-state index in [4.69, 9.17) is 28.6 Å².